The van der Waals surface area contributed by atoms with E-state index in [0.29, 0.717) is 0 Å². The van der Waals surface area contributed by atoms with Gasteiger partial charge in [0.05, 0.1) is 23.8 Å². The third-order valence-electron chi connectivity index (χ3n) is 3.17. The van der Waals surface area contributed by atoms with Gasteiger partial charge in [0, 0.05) is 5.69 Å². The maximum atomic E-state index is 5.82. The fourth-order valence-electron chi connectivity index (χ4n) is 2.24. The SMILES string of the molecule is CC(C)(C)Oc1ccc(Nc2cnn(-c3ccccc3)c2)cc1. The number of anilines is 2. The third kappa shape index (κ3) is 4.13. The number of nitrogens with zero attached hydrogens (tertiary/aromatic N) is 2. The van der Waals surface area contributed by atoms with Gasteiger partial charge in [-0.1, -0.05) is 18.2 Å². The van der Waals surface area contributed by atoms with Gasteiger partial charge >= 0.3 is 0 Å². The molecule has 1 N–H and O–H groups in total. The van der Waals surface area contributed by atoms with Crippen molar-refractivity contribution in [2.45, 2.75) is 26.4 Å². The topological polar surface area (TPSA) is 39.1 Å². The lowest BCUT2D eigenvalue weighted by atomic mass is 10.2. The average Bonchev–Trinajstić information content (AvgIpc) is 2.97. The summed E-state index contributed by atoms with van der Waals surface area (Å²) < 4.78 is 7.67. The molecule has 23 heavy (non-hydrogen) atoms. The Hall–Kier alpha value is -2.75. The predicted molar refractivity (Wildman–Crippen MR) is 93.7 cm³/mol. The van der Waals surface area contributed by atoms with Gasteiger partial charge in [-0.05, 0) is 57.2 Å². The molecule has 0 aliphatic heterocycles. The molecule has 0 amide bonds. The first-order valence-corrected chi connectivity index (χ1v) is 7.66. The van der Waals surface area contributed by atoms with Crippen LogP contribution in [0, 0.1) is 0 Å². The molecule has 0 atom stereocenters. The van der Waals surface area contributed by atoms with Crippen LogP contribution >= 0.6 is 0 Å². The van der Waals surface area contributed by atoms with Gasteiger partial charge in [-0.2, -0.15) is 5.10 Å². The van der Waals surface area contributed by atoms with Gasteiger partial charge in [-0.15, -0.1) is 0 Å². The Morgan fingerprint density at radius 3 is 2.26 bits per heavy atom. The van der Waals surface area contributed by atoms with E-state index in [1.54, 1.807) is 0 Å². The van der Waals surface area contributed by atoms with E-state index in [4.69, 9.17) is 4.74 Å². The highest BCUT2D eigenvalue weighted by molar-refractivity contribution is 5.59. The number of hydrogen-bond acceptors (Lipinski definition) is 3. The van der Waals surface area contributed by atoms with Gasteiger partial charge in [0.15, 0.2) is 0 Å². The van der Waals surface area contributed by atoms with E-state index in [2.05, 4.69) is 10.4 Å². The standard InChI is InChI=1S/C19H21N3O/c1-19(2,3)23-18-11-9-15(10-12-18)21-16-13-20-22(14-16)17-7-5-4-6-8-17/h4-14,21H,1-3H3. The Morgan fingerprint density at radius 2 is 1.61 bits per heavy atom. The monoisotopic (exact) mass is 307 g/mol. The molecule has 1 heterocycles. The molecule has 0 aliphatic carbocycles. The molecule has 1 aromatic heterocycles. The quantitative estimate of drug-likeness (QED) is 0.753. The minimum Gasteiger partial charge on any atom is -0.488 e. The summed E-state index contributed by atoms with van der Waals surface area (Å²) in [6, 6.07) is 18.0. The van der Waals surface area contributed by atoms with Crippen molar-refractivity contribution in [1.82, 2.24) is 9.78 Å². The van der Waals surface area contributed by atoms with Crippen LogP contribution in [-0.4, -0.2) is 15.4 Å². The van der Waals surface area contributed by atoms with Gasteiger partial charge in [0.2, 0.25) is 0 Å². The number of benzene rings is 2. The molecule has 0 bridgehead atoms. The molecular formula is C19H21N3O. The average molecular weight is 307 g/mol. The first-order valence-electron chi connectivity index (χ1n) is 7.66. The van der Waals surface area contributed by atoms with Crippen molar-refractivity contribution in [1.29, 1.82) is 0 Å². The van der Waals surface area contributed by atoms with E-state index in [-0.39, 0.29) is 5.60 Å². The van der Waals surface area contributed by atoms with Crippen molar-refractivity contribution >= 4 is 11.4 Å². The Balaban J connectivity index is 1.69. The highest BCUT2D eigenvalue weighted by atomic mass is 16.5. The second-order valence-corrected chi connectivity index (χ2v) is 6.37. The molecule has 0 saturated heterocycles. The maximum absolute atomic E-state index is 5.82. The number of ether oxygens (including phenoxy) is 1. The van der Waals surface area contributed by atoms with Crippen molar-refractivity contribution in [3.8, 4) is 11.4 Å². The number of hydrogen-bond donors (Lipinski definition) is 1. The maximum Gasteiger partial charge on any atom is 0.120 e. The zero-order valence-electron chi connectivity index (χ0n) is 13.7. The summed E-state index contributed by atoms with van der Waals surface area (Å²) in [7, 11) is 0. The molecule has 0 fully saturated rings. The second-order valence-electron chi connectivity index (χ2n) is 6.37. The van der Waals surface area contributed by atoms with E-state index in [1.807, 2.05) is 92.4 Å². The third-order valence-corrected chi connectivity index (χ3v) is 3.17. The highest BCUT2D eigenvalue weighted by Gasteiger charge is 2.11. The van der Waals surface area contributed by atoms with Gasteiger partial charge in [0.25, 0.3) is 0 Å². The summed E-state index contributed by atoms with van der Waals surface area (Å²) in [5.74, 6) is 0.864. The number of aromatic nitrogens is 2. The van der Waals surface area contributed by atoms with Crippen molar-refractivity contribution in [3.05, 3.63) is 67.0 Å². The summed E-state index contributed by atoms with van der Waals surface area (Å²) in [6.07, 6.45) is 3.78. The van der Waals surface area contributed by atoms with Crippen LogP contribution in [-0.2, 0) is 0 Å². The van der Waals surface area contributed by atoms with E-state index in [9.17, 15) is 0 Å². The van der Waals surface area contributed by atoms with Crippen LogP contribution in [0.2, 0.25) is 0 Å². The van der Waals surface area contributed by atoms with E-state index >= 15 is 0 Å². The zero-order valence-corrected chi connectivity index (χ0v) is 13.7. The molecular weight excluding hydrogens is 286 g/mol. The summed E-state index contributed by atoms with van der Waals surface area (Å²) in [5.41, 5.74) is 2.79. The van der Waals surface area contributed by atoms with Gasteiger partial charge in [-0.3, -0.25) is 0 Å². The predicted octanol–water partition coefficient (Wildman–Crippen LogP) is 4.79. The van der Waals surface area contributed by atoms with E-state index in [0.717, 1.165) is 22.8 Å². The van der Waals surface area contributed by atoms with Gasteiger partial charge < -0.3 is 10.1 Å². The number of rotatable bonds is 4. The molecule has 0 unspecified atom stereocenters. The zero-order chi connectivity index (χ0) is 16.3. The minimum atomic E-state index is -0.189. The molecule has 0 saturated carbocycles. The normalized spacial score (nSPS) is 11.3. The molecule has 118 valence electrons. The summed E-state index contributed by atoms with van der Waals surface area (Å²) in [4.78, 5) is 0. The van der Waals surface area contributed by atoms with Gasteiger partial charge in [-0.25, -0.2) is 4.68 Å². The molecule has 3 rings (SSSR count). The highest BCUT2D eigenvalue weighted by Crippen LogP contribution is 2.23. The lowest BCUT2D eigenvalue weighted by Crippen LogP contribution is -2.22. The molecule has 0 spiro atoms. The minimum absolute atomic E-state index is 0.189. The van der Waals surface area contributed by atoms with Gasteiger partial charge in [0.1, 0.15) is 11.4 Å². The smallest absolute Gasteiger partial charge is 0.120 e. The van der Waals surface area contributed by atoms with E-state index < -0.39 is 0 Å². The fourth-order valence-corrected chi connectivity index (χ4v) is 2.24. The Kier molecular flexibility index (Phi) is 4.06. The summed E-state index contributed by atoms with van der Waals surface area (Å²) in [5, 5.41) is 7.72. The largest absolute Gasteiger partial charge is 0.488 e. The number of para-hydroxylation sites is 1. The molecule has 0 radical (unpaired) electrons. The van der Waals surface area contributed by atoms with Crippen LogP contribution in [0.15, 0.2) is 67.0 Å². The molecule has 3 aromatic rings. The molecule has 4 nitrogen and oxygen atoms in total. The Bertz CT molecular complexity index is 755. The molecule has 0 aliphatic rings. The van der Waals surface area contributed by atoms with Crippen molar-refractivity contribution in [2.75, 3.05) is 5.32 Å². The van der Waals surface area contributed by atoms with Crippen LogP contribution in [0.25, 0.3) is 5.69 Å². The van der Waals surface area contributed by atoms with Crippen LogP contribution in [0.1, 0.15) is 20.8 Å². The van der Waals surface area contributed by atoms with Crippen LogP contribution in [0.3, 0.4) is 0 Å². The Morgan fingerprint density at radius 1 is 0.913 bits per heavy atom. The lowest BCUT2D eigenvalue weighted by molar-refractivity contribution is 0.131. The summed E-state index contributed by atoms with van der Waals surface area (Å²) >= 11 is 0. The lowest BCUT2D eigenvalue weighted by Gasteiger charge is -2.21. The fraction of sp³-hybridized carbons (Fsp3) is 0.211. The molecule has 2 aromatic carbocycles. The molecule has 4 heteroatoms. The van der Waals surface area contributed by atoms with Crippen LogP contribution in [0.5, 0.6) is 5.75 Å². The van der Waals surface area contributed by atoms with Crippen molar-refractivity contribution in [3.63, 3.8) is 0 Å². The second kappa shape index (κ2) is 6.16. The Labute approximate surface area is 136 Å². The first kappa shape index (κ1) is 15.2. The van der Waals surface area contributed by atoms with E-state index in [1.165, 1.54) is 0 Å². The van der Waals surface area contributed by atoms with Crippen LogP contribution < -0.4 is 10.1 Å². The number of nitrogens with one attached hydrogen (secondary N) is 1. The summed E-state index contributed by atoms with van der Waals surface area (Å²) in [6.45, 7) is 6.12. The van der Waals surface area contributed by atoms with Crippen molar-refractivity contribution < 1.29 is 4.74 Å². The first-order chi connectivity index (χ1) is 11.0. The van der Waals surface area contributed by atoms with Crippen molar-refractivity contribution in [2.24, 2.45) is 0 Å². The van der Waals surface area contributed by atoms with Crippen LogP contribution in [0.4, 0.5) is 11.4 Å².